The molecule has 0 unspecified atom stereocenters. The zero-order valence-electron chi connectivity index (χ0n) is 17.4. The number of aryl methyl sites for hydroxylation is 2. The first kappa shape index (κ1) is 21.5. The Morgan fingerprint density at radius 3 is 2.45 bits per heavy atom. The van der Waals surface area contributed by atoms with Crippen LogP contribution in [0.3, 0.4) is 0 Å². The molecule has 1 aromatic carbocycles. The largest absolute Gasteiger partial charge is 0.326 e. The van der Waals surface area contributed by atoms with Gasteiger partial charge >= 0.3 is 0 Å². The summed E-state index contributed by atoms with van der Waals surface area (Å²) < 4.78 is 29.3. The van der Waals surface area contributed by atoms with E-state index in [9.17, 15) is 13.2 Å². The number of benzene rings is 1. The van der Waals surface area contributed by atoms with E-state index in [1.807, 2.05) is 25.6 Å². The van der Waals surface area contributed by atoms with Crippen molar-refractivity contribution < 1.29 is 13.2 Å². The summed E-state index contributed by atoms with van der Waals surface area (Å²) in [6, 6.07) is 6.55. The number of amides is 1. The van der Waals surface area contributed by atoms with Gasteiger partial charge in [0.1, 0.15) is 0 Å². The van der Waals surface area contributed by atoms with Crippen molar-refractivity contribution in [2.75, 3.05) is 18.4 Å². The zero-order chi connectivity index (χ0) is 21.0. The van der Waals surface area contributed by atoms with Crippen LogP contribution >= 0.6 is 0 Å². The second-order valence-electron chi connectivity index (χ2n) is 7.67. The average Bonchev–Trinajstić information content (AvgIpc) is 2.89. The standard InChI is InChI=1S/C21H30N4O3S/c1-16-20(17(2)24(3)23-16)11-12-21(26)22-18-9-8-10-19(15-18)29(27,28)25-13-6-4-5-7-14-25/h8-10,15H,4-7,11-14H2,1-3H3,(H,22,26). The minimum Gasteiger partial charge on any atom is -0.326 e. The summed E-state index contributed by atoms with van der Waals surface area (Å²) in [6.45, 7) is 5.05. The number of sulfonamides is 1. The van der Waals surface area contributed by atoms with E-state index in [4.69, 9.17) is 0 Å². The quantitative estimate of drug-likeness (QED) is 0.781. The summed E-state index contributed by atoms with van der Waals surface area (Å²) in [6.07, 6.45) is 4.83. The van der Waals surface area contributed by atoms with Crippen LogP contribution in [0.5, 0.6) is 0 Å². The minimum absolute atomic E-state index is 0.142. The Labute approximate surface area is 173 Å². The molecular formula is C21H30N4O3S. The van der Waals surface area contributed by atoms with Gasteiger partial charge in [0, 0.05) is 37.9 Å². The molecule has 1 aromatic heterocycles. The van der Waals surface area contributed by atoms with Gasteiger partial charge in [-0.3, -0.25) is 9.48 Å². The summed E-state index contributed by atoms with van der Waals surface area (Å²) in [5.41, 5.74) is 3.58. The first-order valence-corrected chi connectivity index (χ1v) is 11.6. The third kappa shape index (κ3) is 5.05. The van der Waals surface area contributed by atoms with Gasteiger partial charge in [-0.1, -0.05) is 18.9 Å². The lowest BCUT2D eigenvalue weighted by atomic mass is 10.1. The number of carbonyl (C=O) groups excluding carboxylic acids is 1. The highest BCUT2D eigenvalue weighted by Gasteiger charge is 2.25. The van der Waals surface area contributed by atoms with E-state index < -0.39 is 10.0 Å². The SMILES string of the molecule is Cc1nn(C)c(C)c1CCC(=O)Nc1cccc(S(=O)(=O)N2CCCCCC2)c1. The number of hydrogen-bond donors (Lipinski definition) is 1. The topological polar surface area (TPSA) is 84.3 Å². The van der Waals surface area contributed by atoms with Crippen molar-refractivity contribution in [3.05, 3.63) is 41.2 Å². The molecule has 0 spiro atoms. The number of hydrogen-bond acceptors (Lipinski definition) is 4. The third-order valence-corrected chi connectivity index (χ3v) is 7.48. The molecule has 1 N–H and O–H groups in total. The van der Waals surface area contributed by atoms with Crippen LogP contribution in [-0.2, 0) is 28.3 Å². The highest BCUT2D eigenvalue weighted by Crippen LogP contribution is 2.23. The van der Waals surface area contributed by atoms with Gasteiger partial charge in [-0.2, -0.15) is 9.40 Å². The van der Waals surface area contributed by atoms with Crippen molar-refractivity contribution in [3.8, 4) is 0 Å². The van der Waals surface area contributed by atoms with E-state index >= 15 is 0 Å². The van der Waals surface area contributed by atoms with Gasteiger partial charge in [-0.15, -0.1) is 0 Å². The van der Waals surface area contributed by atoms with E-state index in [1.54, 1.807) is 28.6 Å². The molecule has 8 heteroatoms. The van der Waals surface area contributed by atoms with Gasteiger partial charge in [0.2, 0.25) is 15.9 Å². The fourth-order valence-corrected chi connectivity index (χ4v) is 5.37. The highest BCUT2D eigenvalue weighted by molar-refractivity contribution is 7.89. The van der Waals surface area contributed by atoms with Gasteiger partial charge in [-0.25, -0.2) is 8.42 Å². The molecule has 0 radical (unpaired) electrons. The predicted octanol–water partition coefficient (Wildman–Crippen LogP) is 3.17. The van der Waals surface area contributed by atoms with E-state index in [-0.39, 0.29) is 10.8 Å². The lowest BCUT2D eigenvalue weighted by Crippen LogP contribution is -2.32. The van der Waals surface area contributed by atoms with Gasteiger partial charge in [0.25, 0.3) is 0 Å². The summed E-state index contributed by atoms with van der Waals surface area (Å²) in [5.74, 6) is -0.142. The molecule has 158 valence electrons. The molecule has 7 nitrogen and oxygen atoms in total. The Hall–Kier alpha value is -2.19. The maximum atomic E-state index is 13.0. The van der Waals surface area contributed by atoms with Crippen LogP contribution in [0, 0.1) is 13.8 Å². The highest BCUT2D eigenvalue weighted by atomic mass is 32.2. The number of anilines is 1. The first-order valence-electron chi connectivity index (χ1n) is 10.2. The van der Waals surface area contributed by atoms with Gasteiger partial charge in [-0.05, 0) is 56.9 Å². The van der Waals surface area contributed by atoms with Crippen molar-refractivity contribution in [2.24, 2.45) is 7.05 Å². The minimum atomic E-state index is -3.54. The molecule has 2 heterocycles. The molecular weight excluding hydrogens is 388 g/mol. The van der Waals surface area contributed by atoms with Gasteiger partial charge in [0.15, 0.2) is 0 Å². The molecule has 1 aliphatic rings. The van der Waals surface area contributed by atoms with Crippen LogP contribution in [-0.4, -0.2) is 41.5 Å². The summed E-state index contributed by atoms with van der Waals surface area (Å²) in [4.78, 5) is 12.7. The second-order valence-corrected chi connectivity index (χ2v) is 9.61. The summed E-state index contributed by atoms with van der Waals surface area (Å²) >= 11 is 0. The van der Waals surface area contributed by atoms with Crippen LogP contribution in [0.1, 0.15) is 49.1 Å². The number of carbonyl (C=O) groups is 1. The Bertz CT molecular complexity index is 974. The number of nitrogens with zero attached hydrogens (tertiary/aromatic N) is 3. The van der Waals surface area contributed by atoms with E-state index in [2.05, 4.69) is 10.4 Å². The fourth-order valence-electron chi connectivity index (χ4n) is 3.81. The maximum Gasteiger partial charge on any atom is 0.243 e. The molecule has 1 fully saturated rings. The second kappa shape index (κ2) is 9.09. The normalized spacial score (nSPS) is 15.8. The third-order valence-electron chi connectivity index (χ3n) is 5.58. The van der Waals surface area contributed by atoms with E-state index in [0.717, 1.165) is 42.6 Å². The average molecular weight is 419 g/mol. The Morgan fingerprint density at radius 1 is 1.14 bits per heavy atom. The molecule has 0 atom stereocenters. The van der Waals surface area contributed by atoms with Crippen molar-refractivity contribution in [1.82, 2.24) is 14.1 Å². The maximum absolute atomic E-state index is 13.0. The molecule has 1 saturated heterocycles. The molecule has 1 amide bonds. The van der Waals surface area contributed by atoms with Crippen molar-refractivity contribution in [2.45, 2.75) is 57.3 Å². The lowest BCUT2D eigenvalue weighted by molar-refractivity contribution is -0.116. The Balaban J connectivity index is 1.66. The van der Waals surface area contributed by atoms with Crippen LogP contribution < -0.4 is 5.32 Å². The van der Waals surface area contributed by atoms with E-state index in [0.29, 0.717) is 31.6 Å². The Kier molecular flexibility index (Phi) is 6.74. The molecule has 0 saturated carbocycles. The van der Waals surface area contributed by atoms with Crippen LogP contribution in [0.2, 0.25) is 0 Å². The molecule has 3 rings (SSSR count). The Morgan fingerprint density at radius 2 is 1.83 bits per heavy atom. The predicted molar refractivity (Wildman–Crippen MR) is 113 cm³/mol. The monoisotopic (exact) mass is 418 g/mol. The molecule has 0 bridgehead atoms. The van der Waals surface area contributed by atoms with Gasteiger partial charge in [0.05, 0.1) is 10.6 Å². The molecule has 0 aliphatic carbocycles. The van der Waals surface area contributed by atoms with E-state index in [1.165, 1.54) is 0 Å². The van der Waals surface area contributed by atoms with Gasteiger partial charge < -0.3 is 5.32 Å². The fraction of sp³-hybridized carbons (Fsp3) is 0.524. The van der Waals surface area contributed by atoms with Crippen molar-refractivity contribution >= 4 is 21.6 Å². The number of nitrogens with one attached hydrogen (secondary N) is 1. The number of aromatic nitrogens is 2. The van der Waals surface area contributed by atoms with Crippen molar-refractivity contribution in [3.63, 3.8) is 0 Å². The smallest absolute Gasteiger partial charge is 0.243 e. The number of rotatable bonds is 6. The lowest BCUT2D eigenvalue weighted by Gasteiger charge is -2.20. The first-order chi connectivity index (χ1) is 13.8. The van der Waals surface area contributed by atoms with Crippen molar-refractivity contribution in [1.29, 1.82) is 0 Å². The van der Waals surface area contributed by atoms with Crippen LogP contribution in [0.25, 0.3) is 0 Å². The summed E-state index contributed by atoms with van der Waals surface area (Å²) in [7, 11) is -1.65. The van der Waals surface area contributed by atoms with Crippen LogP contribution in [0.15, 0.2) is 29.2 Å². The van der Waals surface area contributed by atoms with Crippen LogP contribution in [0.4, 0.5) is 5.69 Å². The summed E-state index contributed by atoms with van der Waals surface area (Å²) in [5, 5.41) is 7.21. The zero-order valence-corrected chi connectivity index (χ0v) is 18.3. The molecule has 29 heavy (non-hydrogen) atoms. The molecule has 1 aliphatic heterocycles. The molecule has 2 aromatic rings.